The van der Waals surface area contributed by atoms with Crippen LogP contribution in [0.15, 0.2) is 0 Å². The van der Waals surface area contributed by atoms with Gasteiger partial charge in [-0.3, -0.25) is 0 Å². The molecule has 0 aromatic rings. The van der Waals surface area contributed by atoms with Gasteiger partial charge in [-0.15, -0.1) is 11.6 Å². The second kappa shape index (κ2) is 30.8. The topological polar surface area (TPSA) is 0 Å². The maximum Gasteiger partial charge on any atom is 0.0922 e. The molecule has 0 saturated carbocycles. The highest BCUT2D eigenvalue weighted by molar-refractivity contribution is 6.17. The Morgan fingerprint density at radius 3 is 0.757 bits per heavy atom. The molecule has 0 rings (SSSR count). The molecule has 0 amide bonds. The third kappa shape index (κ3) is 29.1. The van der Waals surface area contributed by atoms with E-state index in [2.05, 4.69) is 20.9 Å². The van der Waals surface area contributed by atoms with Crippen LogP contribution in [0.3, 0.4) is 0 Å². The van der Waals surface area contributed by atoms with Crippen LogP contribution in [0.1, 0.15) is 194 Å². The summed E-state index contributed by atoms with van der Waals surface area (Å²) in [6.45, 7) is 8.43. The number of unbranched alkanes of at least 4 members (excludes halogenated alkanes) is 26. The summed E-state index contributed by atoms with van der Waals surface area (Å²) in [5.41, 5.74) is 0. The van der Waals surface area contributed by atoms with E-state index in [9.17, 15) is 0 Å². The zero-order chi connectivity index (χ0) is 27.1. The first-order valence-electron chi connectivity index (χ1n) is 17.6. The first-order valence-corrected chi connectivity index (χ1v) is 18.1. The second-order valence-corrected chi connectivity index (χ2v) is 13.0. The fourth-order valence-corrected chi connectivity index (χ4v) is 6.32. The summed E-state index contributed by atoms with van der Waals surface area (Å²) in [4.78, 5) is 0. The fraction of sp³-hybridized carbons (Fsp3) is 1.00. The van der Waals surface area contributed by atoms with Crippen molar-refractivity contribution in [3.8, 4) is 0 Å². The summed E-state index contributed by atoms with van der Waals surface area (Å²) in [5, 5.41) is 0. The maximum absolute atomic E-state index is 6.20. The minimum absolute atomic E-state index is 0.813. The van der Waals surface area contributed by atoms with Crippen LogP contribution in [0.5, 0.6) is 0 Å². The third-order valence-electron chi connectivity index (χ3n) is 8.73. The van der Waals surface area contributed by atoms with Crippen molar-refractivity contribution < 1.29 is 4.48 Å². The molecule has 0 spiro atoms. The Hall–Kier alpha value is 0.250. The van der Waals surface area contributed by atoms with E-state index < -0.39 is 0 Å². The molecule has 0 fully saturated rings. The molecule has 37 heavy (non-hydrogen) atoms. The summed E-state index contributed by atoms with van der Waals surface area (Å²) >= 11 is 6.20. The van der Waals surface area contributed by atoms with Gasteiger partial charge in [0.1, 0.15) is 0 Å². The zero-order valence-corrected chi connectivity index (χ0v) is 27.2. The predicted molar refractivity (Wildman–Crippen MR) is 172 cm³/mol. The van der Waals surface area contributed by atoms with Gasteiger partial charge in [0.05, 0.1) is 32.6 Å². The average molecular weight is 543 g/mol. The molecule has 0 atom stereocenters. The standard InChI is InChI=1S/C35H73ClN/c1-4-6-8-10-12-14-16-18-20-22-24-26-28-30-33-37(3,35-32-36)34-31-29-27-25-23-21-19-17-15-13-11-9-7-5-2/h4-35H2,1-3H3/q+1. The number of halogens is 1. The number of hydrogen-bond acceptors (Lipinski definition) is 0. The van der Waals surface area contributed by atoms with E-state index in [1.54, 1.807) is 0 Å². The first kappa shape index (κ1) is 37.2. The molecular weight excluding hydrogens is 470 g/mol. The molecule has 0 aromatic carbocycles. The molecule has 224 valence electrons. The van der Waals surface area contributed by atoms with Gasteiger partial charge in [0, 0.05) is 0 Å². The van der Waals surface area contributed by atoms with Crippen LogP contribution in [-0.4, -0.2) is 37.0 Å². The summed E-state index contributed by atoms with van der Waals surface area (Å²) in [5.74, 6) is 0.813. The normalized spacial score (nSPS) is 12.0. The largest absolute Gasteiger partial charge is 0.325 e. The van der Waals surface area contributed by atoms with Crippen molar-refractivity contribution in [3.05, 3.63) is 0 Å². The molecule has 0 bridgehead atoms. The Morgan fingerprint density at radius 1 is 0.324 bits per heavy atom. The summed E-state index contributed by atoms with van der Waals surface area (Å²) in [6.07, 6.45) is 40.5. The van der Waals surface area contributed by atoms with Crippen LogP contribution in [-0.2, 0) is 0 Å². The van der Waals surface area contributed by atoms with Crippen molar-refractivity contribution in [1.82, 2.24) is 0 Å². The summed E-state index contributed by atoms with van der Waals surface area (Å²) in [6, 6.07) is 0. The van der Waals surface area contributed by atoms with Crippen molar-refractivity contribution in [2.24, 2.45) is 0 Å². The van der Waals surface area contributed by atoms with Gasteiger partial charge >= 0.3 is 0 Å². The lowest BCUT2D eigenvalue weighted by Gasteiger charge is -2.34. The number of hydrogen-bond donors (Lipinski definition) is 0. The Kier molecular flexibility index (Phi) is 31.0. The Balaban J connectivity index is 3.52. The van der Waals surface area contributed by atoms with Crippen LogP contribution in [0.25, 0.3) is 0 Å². The third-order valence-corrected chi connectivity index (χ3v) is 8.90. The SMILES string of the molecule is CCCCCCCCCCCCCCCC[N+](C)(CCCl)CCCCCCCCCCCCCCCC. The van der Waals surface area contributed by atoms with Gasteiger partial charge < -0.3 is 4.48 Å². The van der Waals surface area contributed by atoms with Crippen LogP contribution >= 0.6 is 11.6 Å². The lowest BCUT2D eigenvalue weighted by molar-refractivity contribution is -0.907. The quantitative estimate of drug-likeness (QED) is 0.0450. The Labute approximate surface area is 241 Å². The molecular formula is C35H73ClN+. The molecule has 0 unspecified atom stereocenters. The monoisotopic (exact) mass is 543 g/mol. The van der Waals surface area contributed by atoms with Gasteiger partial charge in [0.2, 0.25) is 0 Å². The van der Waals surface area contributed by atoms with E-state index in [1.807, 2.05) is 0 Å². The number of alkyl halides is 1. The van der Waals surface area contributed by atoms with Crippen LogP contribution in [0, 0.1) is 0 Å². The molecule has 1 nitrogen and oxygen atoms in total. The molecule has 0 aromatic heterocycles. The molecule has 0 aliphatic rings. The van der Waals surface area contributed by atoms with E-state index in [0.29, 0.717) is 0 Å². The average Bonchev–Trinajstić information content (AvgIpc) is 2.89. The van der Waals surface area contributed by atoms with Crippen molar-refractivity contribution in [2.45, 2.75) is 194 Å². The highest BCUT2D eigenvalue weighted by Gasteiger charge is 2.19. The molecule has 0 saturated heterocycles. The smallest absolute Gasteiger partial charge is 0.0922 e. The van der Waals surface area contributed by atoms with Gasteiger partial charge in [-0.25, -0.2) is 0 Å². The van der Waals surface area contributed by atoms with Crippen molar-refractivity contribution >= 4 is 11.6 Å². The van der Waals surface area contributed by atoms with Gasteiger partial charge in [0.25, 0.3) is 0 Å². The summed E-state index contributed by atoms with van der Waals surface area (Å²) < 4.78 is 1.21. The lowest BCUT2D eigenvalue weighted by Crippen LogP contribution is -2.47. The molecule has 2 heteroatoms. The number of nitrogens with zero attached hydrogens (tertiary/aromatic N) is 1. The van der Waals surface area contributed by atoms with E-state index in [4.69, 9.17) is 11.6 Å². The predicted octanol–water partition coefficient (Wildman–Crippen LogP) is 12.6. The van der Waals surface area contributed by atoms with Crippen LogP contribution < -0.4 is 0 Å². The Morgan fingerprint density at radius 2 is 0.541 bits per heavy atom. The first-order chi connectivity index (χ1) is 18.2. The van der Waals surface area contributed by atoms with E-state index in [0.717, 1.165) is 12.4 Å². The highest BCUT2D eigenvalue weighted by atomic mass is 35.5. The lowest BCUT2D eigenvalue weighted by atomic mass is 10.0. The van der Waals surface area contributed by atoms with Gasteiger partial charge in [-0.1, -0.05) is 168 Å². The van der Waals surface area contributed by atoms with Crippen LogP contribution in [0.2, 0.25) is 0 Å². The van der Waals surface area contributed by atoms with Crippen LogP contribution in [0.4, 0.5) is 0 Å². The van der Waals surface area contributed by atoms with Crippen molar-refractivity contribution in [1.29, 1.82) is 0 Å². The van der Waals surface area contributed by atoms with Crippen molar-refractivity contribution in [2.75, 3.05) is 32.6 Å². The fourth-order valence-electron chi connectivity index (χ4n) is 5.92. The van der Waals surface area contributed by atoms with Gasteiger partial charge in [-0.05, 0) is 25.7 Å². The maximum atomic E-state index is 6.20. The van der Waals surface area contributed by atoms with E-state index in [1.165, 1.54) is 197 Å². The molecule has 0 N–H and O–H groups in total. The second-order valence-electron chi connectivity index (χ2n) is 12.7. The summed E-state index contributed by atoms with van der Waals surface area (Å²) in [7, 11) is 2.47. The minimum Gasteiger partial charge on any atom is -0.325 e. The molecule has 0 aliphatic heterocycles. The van der Waals surface area contributed by atoms with E-state index >= 15 is 0 Å². The molecule has 0 radical (unpaired) electrons. The number of rotatable bonds is 32. The number of quaternary nitrogens is 1. The molecule has 0 heterocycles. The minimum atomic E-state index is 0.813. The van der Waals surface area contributed by atoms with Crippen molar-refractivity contribution in [3.63, 3.8) is 0 Å². The zero-order valence-electron chi connectivity index (χ0n) is 26.5. The van der Waals surface area contributed by atoms with E-state index in [-0.39, 0.29) is 0 Å². The highest BCUT2D eigenvalue weighted by Crippen LogP contribution is 2.16. The molecule has 0 aliphatic carbocycles. The van der Waals surface area contributed by atoms with Gasteiger partial charge in [0.15, 0.2) is 0 Å². The Bertz CT molecular complexity index is 378. The van der Waals surface area contributed by atoms with Gasteiger partial charge in [-0.2, -0.15) is 0 Å².